The summed E-state index contributed by atoms with van der Waals surface area (Å²) in [6.07, 6.45) is 1.92. The summed E-state index contributed by atoms with van der Waals surface area (Å²) in [6, 6.07) is 18.1. The van der Waals surface area contributed by atoms with Crippen LogP contribution in [-0.4, -0.2) is 37.5 Å². The van der Waals surface area contributed by atoms with Crippen LogP contribution in [0.2, 0.25) is 0 Å². The number of carboxylic acid groups (broad SMARTS) is 1. The molecule has 1 amide bonds. The molecule has 3 aromatic rings. The Bertz CT molecular complexity index is 959. The van der Waals surface area contributed by atoms with Gasteiger partial charge in [0.15, 0.2) is 0 Å². The van der Waals surface area contributed by atoms with Gasteiger partial charge in [0.25, 0.3) is 0 Å². The van der Waals surface area contributed by atoms with Gasteiger partial charge in [-0.05, 0) is 11.1 Å². The van der Waals surface area contributed by atoms with Crippen LogP contribution in [0.25, 0.3) is 0 Å². The van der Waals surface area contributed by atoms with Crippen LogP contribution in [0, 0.1) is 0 Å². The number of rotatable bonds is 4. The number of carboxylic acids is 1. The molecular formula is C22H21N3O3. The summed E-state index contributed by atoms with van der Waals surface area (Å²) in [7, 11) is 1.85. The smallest absolute Gasteiger partial charge is 0.326 e. The molecule has 4 rings (SSSR count). The van der Waals surface area contributed by atoms with Gasteiger partial charge in [-0.15, -0.1) is 0 Å². The Morgan fingerprint density at radius 3 is 2.14 bits per heavy atom. The van der Waals surface area contributed by atoms with Crippen molar-refractivity contribution in [3.05, 3.63) is 89.5 Å². The van der Waals surface area contributed by atoms with E-state index in [1.807, 2.05) is 72.3 Å². The molecule has 0 bridgehead atoms. The molecule has 0 aliphatic carbocycles. The largest absolute Gasteiger partial charge is 0.480 e. The normalized spacial score (nSPS) is 16.1. The number of amides is 1. The molecular weight excluding hydrogens is 354 g/mol. The summed E-state index contributed by atoms with van der Waals surface area (Å²) in [5.74, 6) is -1.78. The molecule has 6 heteroatoms. The number of aryl methyl sites for hydroxylation is 1. The Balaban J connectivity index is 1.76. The van der Waals surface area contributed by atoms with E-state index in [4.69, 9.17) is 0 Å². The van der Waals surface area contributed by atoms with Crippen LogP contribution in [0.1, 0.15) is 28.4 Å². The van der Waals surface area contributed by atoms with Crippen LogP contribution in [0.15, 0.2) is 67.0 Å². The minimum atomic E-state index is -1.000. The maximum atomic E-state index is 13.7. The van der Waals surface area contributed by atoms with Gasteiger partial charge in [0.05, 0.1) is 24.5 Å². The Kier molecular flexibility index (Phi) is 4.69. The standard InChI is InChI=1S/C22H21N3O3/c1-24-14-23-17-13-25(19(22(27)28)12-18(17)24)21(26)20(15-8-4-2-5-9-15)16-10-6-3-7-11-16/h2-11,14,19-20H,12-13H2,1H3,(H,27,28). The van der Waals surface area contributed by atoms with Crippen LogP contribution in [0.4, 0.5) is 0 Å². The second-order valence-corrected chi connectivity index (χ2v) is 7.03. The van der Waals surface area contributed by atoms with Crippen molar-refractivity contribution in [1.82, 2.24) is 14.5 Å². The molecule has 28 heavy (non-hydrogen) atoms. The second kappa shape index (κ2) is 7.31. The fourth-order valence-electron chi connectivity index (χ4n) is 3.85. The number of aromatic nitrogens is 2. The van der Waals surface area contributed by atoms with Gasteiger partial charge in [0, 0.05) is 19.2 Å². The number of hydrogen-bond donors (Lipinski definition) is 1. The highest BCUT2D eigenvalue weighted by molar-refractivity contribution is 5.91. The number of fused-ring (bicyclic) bond motifs is 1. The van der Waals surface area contributed by atoms with Gasteiger partial charge in [-0.2, -0.15) is 0 Å². The zero-order chi connectivity index (χ0) is 19.7. The molecule has 1 atom stereocenters. The third-order valence-electron chi connectivity index (χ3n) is 5.31. The molecule has 0 saturated carbocycles. The van der Waals surface area contributed by atoms with Crippen molar-refractivity contribution in [3.63, 3.8) is 0 Å². The molecule has 1 N–H and O–H groups in total. The van der Waals surface area contributed by atoms with Crippen molar-refractivity contribution in [3.8, 4) is 0 Å². The van der Waals surface area contributed by atoms with E-state index in [0.717, 1.165) is 22.5 Å². The summed E-state index contributed by atoms with van der Waals surface area (Å²) in [5.41, 5.74) is 3.31. The van der Waals surface area contributed by atoms with Crippen LogP contribution in [-0.2, 0) is 29.6 Å². The van der Waals surface area contributed by atoms with E-state index >= 15 is 0 Å². The molecule has 1 aromatic heterocycles. The number of carbonyl (C=O) groups is 2. The van der Waals surface area contributed by atoms with Crippen molar-refractivity contribution in [2.45, 2.75) is 24.9 Å². The summed E-state index contributed by atoms with van der Waals surface area (Å²) >= 11 is 0. The summed E-state index contributed by atoms with van der Waals surface area (Å²) in [4.78, 5) is 31.5. The Hall–Kier alpha value is -3.41. The Morgan fingerprint density at radius 2 is 1.61 bits per heavy atom. The maximum absolute atomic E-state index is 13.7. The zero-order valence-electron chi connectivity index (χ0n) is 15.5. The average molecular weight is 375 g/mol. The number of nitrogens with zero attached hydrogens (tertiary/aromatic N) is 3. The highest BCUT2D eigenvalue weighted by Crippen LogP contribution is 2.31. The summed E-state index contributed by atoms with van der Waals surface area (Å²) in [5, 5.41) is 9.81. The van der Waals surface area contributed by atoms with E-state index in [0.29, 0.717) is 0 Å². The third-order valence-corrected chi connectivity index (χ3v) is 5.31. The van der Waals surface area contributed by atoms with E-state index < -0.39 is 17.9 Å². The Morgan fingerprint density at radius 1 is 1.04 bits per heavy atom. The van der Waals surface area contributed by atoms with E-state index in [1.165, 1.54) is 4.90 Å². The number of aliphatic carboxylic acids is 1. The van der Waals surface area contributed by atoms with Crippen LogP contribution >= 0.6 is 0 Å². The van der Waals surface area contributed by atoms with Crippen molar-refractivity contribution in [1.29, 1.82) is 0 Å². The lowest BCUT2D eigenvalue weighted by Gasteiger charge is -2.35. The van der Waals surface area contributed by atoms with Crippen molar-refractivity contribution in [2.24, 2.45) is 7.05 Å². The van der Waals surface area contributed by atoms with E-state index in [-0.39, 0.29) is 18.9 Å². The predicted molar refractivity (Wildman–Crippen MR) is 104 cm³/mol. The van der Waals surface area contributed by atoms with Gasteiger partial charge < -0.3 is 14.6 Å². The topological polar surface area (TPSA) is 75.4 Å². The zero-order valence-corrected chi connectivity index (χ0v) is 15.5. The lowest BCUT2D eigenvalue weighted by Crippen LogP contribution is -2.50. The van der Waals surface area contributed by atoms with Crippen LogP contribution < -0.4 is 0 Å². The van der Waals surface area contributed by atoms with Gasteiger partial charge >= 0.3 is 5.97 Å². The molecule has 0 spiro atoms. The predicted octanol–water partition coefficient (Wildman–Crippen LogP) is 2.59. The number of hydrogen-bond acceptors (Lipinski definition) is 3. The van der Waals surface area contributed by atoms with E-state index in [2.05, 4.69) is 4.98 Å². The van der Waals surface area contributed by atoms with Gasteiger partial charge in [-0.1, -0.05) is 60.7 Å². The monoisotopic (exact) mass is 375 g/mol. The molecule has 1 aliphatic rings. The van der Waals surface area contributed by atoms with Crippen molar-refractivity contribution < 1.29 is 14.7 Å². The summed E-state index contributed by atoms with van der Waals surface area (Å²) in [6.45, 7) is 0.197. The van der Waals surface area contributed by atoms with Crippen LogP contribution in [0.3, 0.4) is 0 Å². The van der Waals surface area contributed by atoms with Crippen molar-refractivity contribution >= 4 is 11.9 Å². The number of benzene rings is 2. The molecule has 0 fully saturated rings. The molecule has 0 radical (unpaired) electrons. The fraction of sp³-hybridized carbons (Fsp3) is 0.227. The fourth-order valence-corrected chi connectivity index (χ4v) is 3.85. The van der Waals surface area contributed by atoms with E-state index in [9.17, 15) is 14.7 Å². The lowest BCUT2D eigenvalue weighted by atomic mass is 9.88. The number of carbonyl (C=O) groups excluding carboxylic acids is 1. The molecule has 142 valence electrons. The van der Waals surface area contributed by atoms with E-state index in [1.54, 1.807) is 6.33 Å². The molecule has 1 aliphatic heterocycles. The van der Waals surface area contributed by atoms with Gasteiger partial charge in [-0.25, -0.2) is 9.78 Å². The first-order valence-electron chi connectivity index (χ1n) is 9.18. The molecule has 2 heterocycles. The van der Waals surface area contributed by atoms with Gasteiger partial charge in [0.2, 0.25) is 5.91 Å². The van der Waals surface area contributed by atoms with Crippen molar-refractivity contribution in [2.75, 3.05) is 0 Å². The van der Waals surface area contributed by atoms with Crippen LogP contribution in [0.5, 0.6) is 0 Å². The Labute approximate surface area is 163 Å². The van der Waals surface area contributed by atoms with Gasteiger partial charge in [-0.3, -0.25) is 4.79 Å². The highest BCUT2D eigenvalue weighted by Gasteiger charge is 2.39. The first-order chi connectivity index (χ1) is 13.6. The summed E-state index contributed by atoms with van der Waals surface area (Å²) < 4.78 is 1.83. The second-order valence-electron chi connectivity index (χ2n) is 7.03. The minimum absolute atomic E-state index is 0.197. The molecule has 1 unspecified atom stereocenters. The first-order valence-corrected chi connectivity index (χ1v) is 9.18. The molecule has 0 saturated heterocycles. The lowest BCUT2D eigenvalue weighted by molar-refractivity contribution is -0.151. The SMILES string of the molecule is Cn1cnc2c1CC(C(=O)O)N(C(=O)C(c1ccccc1)c1ccccc1)C2. The highest BCUT2D eigenvalue weighted by atomic mass is 16.4. The quantitative estimate of drug-likeness (QED) is 0.761. The van der Waals surface area contributed by atoms with Gasteiger partial charge in [0.1, 0.15) is 6.04 Å². The number of imidazole rings is 1. The maximum Gasteiger partial charge on any atom is 0.326 e. The average Bonchev–Trinajstić information content (AvgIpc) is 3.09. The minimum Gasteiger partial charge on any atom is -0.480 e. The first kappa shape index (κ1) is 18.0. The molecule has 6 nitrogen and oxygen atoms in total. The third kappa shape index (κ3) is 3.17. The molecule has 2 aromatic carbocycles.